The third kappa shape index (κ3) is 31.4. The van der Waals surface area contributed by atoms with Crippen molar-refractivity contribution in [2.24, 2.45) is 0 Å². The number of unbranched alkanes of at least 4 members (excludes halogenated alkanes) is 12. The predicted molar refractivity (Wildman–Crippen MR) is 252 cm³/mol. The maximum Gasteiger partial charge on any atom is 0.472 e. The van der Waals surface area contributed by atoms with Gasteiger partial charge in [-0.2, -0.15) is 0 Å². The Morgan fingerprint density at radius 2 is 1.11 bits per heavy atom. The average molecular weight is 979 g/mol. The van der Waals surface area contributed by atoms with Crippen molar-refractivity contribution in [3.8, 4) is 0 Å². The molecule has 0 saturated heterocycles. The molecular formula is C47H80O17P2. The van der Waals surface area contributed by atoms with Gasteiger partial charge in [0.25, 0.3) is 0 Å². The quantitative estimate of drug-likeness (QED) is 0.00963. The molecule has 0 aliphatic heterocycles. The van der Waals surface area contributed by atoms with Crippen LogP contribution in [0.2, 0.25) is 0 Å². The van der Waals surface area contributed by atoms with Gasteiger partial charge in [0.05, 0.1) is 12.7 Å². The fraction of sp³-hybridized carbons (Fsp3) is 0.702. The summed E-state index contributed by atoms with van der Waals surface area (Å²) in [6.07, 6.45) is 26.2. The highest BCUT2D eigenvalue weighted by Gasteiger charge is 2.54. The molecule has 0 bridgehead atoms. The summed E-state index contributed by atoms with van der Waals surface area (Å²) in [6, 6.07) is 0. The molecule has 380 valence electrons. The first kappa shape index (κ1) is 61.4. The third-order valence-corrected chi connectivity index (χ3v) is 11.9. The summed E-state index contributed by atoms with van der Waals surface area (Å²) >= 11 is 0. The van der Waals surface area contributed by atoms with Crippen LogP contribution in [0.25, 0.3) is 0 Å². The normalized spacial score (nSPS) is 22.6. The van der Waals surface area contributed by atoms with Gasteiger partial charge in [0.2, 0.25) is 0 Å². The number of aliphatic hydroxyl groups excluding tert-OH is 5. The Balaban J connectivity index is 2.66. The number of hydrogen-bond donors (Lipinski definition) is 8. The van der Waals surface area contributed by atoms with E-state index in [1.165, 1.54) is 51.4 Å². The molecule has 1 aliphatic rings. The van der Waals surface area contributed by atoms with E-state index in [0.717, 1.165) is 38.5 Å². The number of carbonyl (C=O) groups excluding carboxylic acids is 2. The van der Waals surface area contributed by atoms with Crippen molar-refractivity contribution < 1.29 is 82.0 Å². The molecule has 0 aromatic carbocycles. The lowest BCUT2D eigenvalue weighted by Crippen LogP contribution is -2.64. The van der Waals surface area contributed by atoms with Crippen LogP contribution in [0.1, 0.15) is 149 Å². The van der Waals surface area contributed by atoms with Crippen molar-refractivity contribution in [3.05, 3.63) is 72.9 Å². The molecule has 19 heteroatoms. The second kappa shape index (κ2) is 37.3. The first-order valence-electron chi connectivity index (χ1n) is 23.6. The minimum atomic E-state index is -5.38. The smallest absolute Gasteiger partial charge is 0.462 e. The largest absolute Gasteiger partial charge is 0.472 e. The van der Waals surface area contributed by atoms with Crippen molar-refractivity contribution in [2.45, 2.75) is 198 Å². The van der Waals surface area contributed by atoms with Gasteiger partial charge in [0, 0.05) is 12.8 Å². The molecule has 0 amide bonds. The molecule has 0 aromatic rings. The number of aliphatic hydroxyl groups is 5. The molecule has 0 aromatic heterocycles. The van der Waals surface area contributed by atoms with Gasteiger partial charge in [-0.3, -0.25) is 23.2 Å². The highest BCUT2D eigenvalue weighted by Crippen LogP contribution is 2.49. The number of phosphoric ester groups is 2. The van der Waals surface area contributed by atoms with Gasteiger partial charge in [0.1, 0.15) is 43.2 Å². The maximum atomic E-state index is 13.0. The summed E-state index contributed by atoms with van der Waals surface area (Å²) in [5.74, 6) is -1.34. The molecule has 1 rings (SSSR count). The SMILES string of the molecule is CC/C=C\C/C=C\CC(O)/C=C/C=C\C/C=C\C/C=C\CCC(=O)OC[C@H](COP(=O)(O)O[C@H]1C(O)C(O)C(O)[C@@H](OP(=O)(O)O)C1O)OC(=O)CCCCCCCCCCCCCCC. The van der Waals surface area contributed by atoms with E-state index in [4.69, 9.17) is 28.3 Å². The second-order valence-corrected chi connectivity index (χ2v) is 18.9. The lowest BCUT2D eigenvalue weighted by molar-refractivity contribution is -0.216. The van der Waals surface area contributed by atoms with E-state index in [0.29, 0.717) is 32.1 Å². The molecule has 1 aliphatic carbocycles. The van der Waals surface area contributed by atoms with Crippen LogP contribution in [0, 0.1) is 0 Å². The van der Waals surface area contributed by atoms with E-state index in [1.54, 1.807) is 12.2 Å². The van der Waals surface area contributed by atoms with Crippen LogP contribution in [0.3, 0.4) is 0 Å². The number of phosphoric acid groups is 2. The molecule has 17 nitrogen and oxygen atoms in total. The summed E-state index contributed by atoms with van der Waals surface area (Å²) in [5.41, 5.74) is 0. The summed E-state index contributed by atoms with van der Waals surface area (Å²) < 4.78 is 49.2. The van der Waals surface area contributed by atoms with Crippen molar-refractivity contribution >= 4 is 27.6 Å². The molecule has 66 heavy (non-hydrogen) atoms. The topological polar surface area (TPSA) is 276 Å². The van der Waals surface area contributed by atoms with Crippen LogP contribution in [0.5, 0.6) is 0 Å². The lowest BCUT2D eigenvalue weighted by Gasteiger charge is -2.43. The zero-order valence-electron chi connectivity index (χ0n) is 39.0. The summed E-state index contributed by atoms with van der Waals surface area (Å²) in [6.45, 7) is 2.85. The van der Waals surface area contributed by atoms with Crippen LogP contribution >= 0.6 is 15.6 Å². The Morgan fingerprint density at radius 3 is 1.70 bits per heavy atom. The summed E-state index contributed by atoms with van der Waals surface area (Å²) in [7, 11) is -10.7. The number of hydrogen-bond acceptors (Lipinski definition) is 14. The Morgan fingerprint density at radius 1 is 0.576 bits per heavy atom. The van der Waals surface area contributed by atoms with Crippen molar-refractivity contribution in [2.75, 3.05) is 13.2 Å². The monoisotopic (exact) mass is 978 g/mol. The van der Waals surface area contributed by atoms with Crippen molar-refractivity contribution in [1.82, 2.24) is 0 Å². The lowest BCUT2D eigenvalue weighted by atomic mass is 9.85. The van der Waals surface area contributed by atoms with E-state index in [-0.39, 0.29) is 12.8 Å². The Hall–Kier alpha value is -2.60. The average Bonchev–Trinajstić information content (AvgIpc) is 3.27. The molecule has 6 unspecified atom stereocenters. The number of ether oxygens (including phenoxy) is 2. The number of allylic oxidation sites excluding steroid dienone is 10. The van der Waals surface area contributed by atoms with Gasteiger partial charge >= 0.3 is 27.6 Å². The Kier molecular flexibility index (Phi) is 34.7. The molecule has 0 radical (unpaired) electrons. The Bertz CT molecular complexity index is 1570. The van der Waals surface area contributed by atoms with E-state index in [2.05, 4.69) is 30.5 Å². The van der Waals surface area contributed by atoms with E-state index >= 15 is 0 Å². The molecule has 0 spiro atoms. The number of carbonyl (C=O) groups is 2. The highest BCUT2D eigenvalue weighted by atomic mass is 31.2. The van der Waals surface area contributed by atoms with E-state index < -0.39 is 89.6 Å². The molecular weight excluding hydrogens is 898 g/mol. The first-order valence-corrected chi connectivity index (χ1v) is 26.6. The molecule has 8 N–H and O–H groups in total. The number of esters is 2. The zero-order valence-corrected chi connectivity index (χ0v) is 40.7. The van der Waals surface area contributed by atoms with Gasteiger partial charge in [-0.1, -0.05) is 164 Å². The molecule has 0 heterocycles. The van der Waals surface area contributed by atoms with Gasteiger partial charge < -0.3 is 49.7 Å². The summed E-state index contributed by atoms with van der Waals surface area (Å²) in [4.78, 5) is 54.2. The summed E-state index contributed by atoms with van der Waals surface area (Å²) in [5, 5.41) is 51.2. The fourth-order valence-electron chi connectivity index (χ4n) is 6.72. The van der Waals surface area contributed by atoms with E-state index in [1.807, 2.05) is 48.6 Å². The minimum Gasteiger partial charge on any atom is -0.462 e. The van der Waals surface area contributed by atoms with Gasteiger partial charge in [0.15, 0.2) is 6.10 Å². The molecule has 1 saturated carbocycles. The van der Waals surface area contributed by atoms with Crippen LogP contribution in [0.15, 0.2) is 72.9 Å². The van der Waals surface area contributed by atoms with Crippen LogP contribution < -0.4 is 0 Å². The Labute approximate surface area is 392 Å². The van der Waals surface area contributed by atoms with Crippen LogP contribution in [-0.4, -0.2) is 114 Å². The van der Waals surface area contributed by atoms with Crippen molar-refractivity contribution in [1.29, 1.82) is 0 Å². The van der Waals surface area contributed by atoms with Crippen LogP contribution in [-0.2, 0) is 41.8 Å². The highest BCUT2D eigenvalue weighted by molar-refractivity contribution is 7.47. The van der Waals surface area contributed by atoms with Gasteiger partial charge in [-0.15, -0.1) is 0 Å². The molecule has 1 fully saturated rings. The van der Waals surface area contributed by atoms with Crippen LogP contribution in [0.4, 0.5) is 0 Å². The van der Waals surface area contributed by atoms with Gasteiger partial charge in [-0.05, 0) is 44.9 Å². The fourth-order valence-corrected chi connectivity index (χ4v) is 8.26. The van der Waals surface area contributed by atoms with Gasteiger partial charge in [-0.25, -0.2) is 9.13 Å². The first-order chi connectivity index (χ1) is 31.5. The zero-order chi connectivity index (χ0) is 49.1. The maximum absolute atomic E-state index is 13.0. The standard InChI is InChI=1S/C47H80O17P2/c1-3-5-7-9-11-12-13-14-15-20-23-27-31-35-41(50)62-39(37-61-66(58,59)64-47-44(53)42(51)43(52)46(45(47)54)63-65(55,56)57)36-60-40(49)34-30-26-22-19-17-16-18-21-25-29-33-38(48)32-28-24-10-8-6-4-2/h6,8,16-17,21-22,24-26,28-29,33,38-39,42-48,51-54H,3-5,7,9-15,18-20,23,27,30-32,34-37H2,1-2H3,(H,58,59)(H2,55,56,57)/b8-6-,17-16-,25-21-,26-22-,28-24-,33-29+/t38?,39-,42?,43?,44?,45?,46-,47+/m1/s1. The third-order valence-electron chi connectivity index (χ3n) is 10.4. The molecule has 9 atom stereocenters. The minimum absolute atomic E-state index is 0.0175. The second-order valence-electron chi connectivity index (χ2n) is 16.3. The van der Waals surface area contributed by atoms with E-state index in [9.17, 15) is 49.1 Å². The predicted octanol–water partition coefficient (Wildman–Crippen LogP) is 7.81. The number of rotatable bonds is 38. The van der Waals surface area contributed by atoms with Crippen molar-refractivity contribution in [3.63, 3.8) is 0 Å².